The smallest absolute Gasteiger partial charge is 0.255 e. The third-order valence-electron chi connectivity index (χ3n) is 8.48. The number of carbonyl (C=O) groups excluding carboxylic acids is 4. The number of hydrogen-bond acceptors (Lipinski definition) is 9. The molecule has 2 amide bonds. The molecule has 11 heteroatoms. The Morgan fingerprint density at radius 3 is 2.32 bits per heavy atom. The number of fused-ring (bicyclic) bond motifs is 3. The summed E-state index contributed by atoms with van der Waals surface area (Å²) in [5.41, 5.74) is 3.96. The first-order valence-corrected chi connectivity index (χ1v) is 13.2. The first kappa shape index (κ1) is 28.1. The molecule has 0 spiro atoms. The number of amides is 2. The van der Waals surface area contributed by atoms with Gasteiger partial charge in [-0.05, 0) is 59.6 Å². The lowest BCUT2D eigenvalue weighted by molar-refractivity contribution is -0.155. The van der Waals surface area contributed by atoms with Gasteiger partial charge in [0.05, 0.1) is 5.56 Å². The number of nitrogens with two attached hydrogens (primary N) is 1. The summed E-state index contributed by atoms with van der Waals surface area (Å²) in [6.07, 6.45) is 0.179. The van der Waals surface area contributed by atoms with E-state index in [1.165, 1.54) is 6.07 Å². The summed E-state index contributed by atoms with van der Waals surface area (Å²) in [5, 5.41) is 56.3. The monoisotopic (exact) mass is 562 g/mol. The number of aliphatic hydroxyl groups is 4. The van der Waals surface area contributed by atoms with Crippen LogP contribution in [0.5, 0.6) is 5.75 Å². The van der Waals surface area contributed by atoms with Gasteiger partial charge in [-0.1, -0.05) is 32.0 Å². The number of nitrogens with one attached hydrogen (secondary N) is 1. The lowest BCUT2D eigenvalue weighted by atomic mass is 9.54. The van der Waals surface area contributed by atoms with Crippen molar-refractivity contribution in [1.82, 2.24) is 0 Å². The Hall–Kier alpha value is -4.48. The molecule has 4 atom stereocenters. The number of aromatic hydroxyl groups is 1. The third-order valence-corrected chi connectivity index (χ3v) is 8.48. The molecular weight excluding hydrogens is 532 g/mol. The first-order valence-electron chi connectivity index (χ1n) is 13.2. The van der Waals surface area contributed by atoms with Gasteiger partial charge in [0.15, 0.2) is 11.4 Å². The van der Waals surface area contributed by atoms with E-state index in [0.29, 0.717) is 22.4 Å². The van der Waals surface area contributed by atoms with Crippen molar-refractivity contribution in [1.29, 1.82) is 0 Å². The van der Waals surface area contributed by atoms with Gasteiger partial charge in [-0.25, -0.2) is 0 Å². The van der Waals surface area contributed by atoms with Crippen LogP contribution in [-0.4, -0.2) is 61.1 Å². The maximum Gasteiger partial charge on any atom is 0.255 e. The first-order chi connectivity index (χ1) is 19.3. The summed E-state index contributed by atoms with van der Waals surface area (Å²) in [7, 11) is 0. The second-order valence-electron chi connectivity index (χ2n) is 11.1. The standard InChI is InChI=1S/C30H30N2O9/c1-12(2)21-18-10-14-9-17-16(13-3-5-15(6-4-13)32-20(35)11-33)7-8-19(34)23(17)26(37)22(14)27(38)30(18,41)28(39)24(25(21)36)29(31)40/h3-8,12,14,18,21,33-34,37,39,41H,9-11H2,1-2H3,(H2,31,40)(H,32,35)/t14-,18-,21-,30-/m0/s1. The minimum absolute atomic E-state index is 0.00676. The Balaban J connectivity index is 1.65. The number of aliphatic hydroxyl groups excluding tert-OH is 3. The van der Waals surface area contributed by atoms with Gasteiger partial charge in [0.2, 0.25) is 11.7 Å². The quantitative estimate of drug-likeness (QED) is 0.265. The van der Waals surface area contributed by atoms with Crippen molar-refractivity contribution in [2.75, 3.05) is 11.9 Å². The predicted octanol–water partition coefficient (Wildman–Crippen LogP) is 1.90. The highest BCUT2D eigenvalue weighted by atomic mass is 16.3. The molecule has 0 bridgehead atoms. The molecule has 2 aromatic rings. The van der Waals surface area contributed by atoms with Gasteiger partial charge in [0.1, 0.15) is 29.4 Å². The molecule has 0 heterocycles. The van der Waals surface area contributed by atoms with Crippen LogP contribution in [0.3, 0.4) is 0 Å². The number of primary amides is 1. The van der Waals surface area contributed by atoms with E-state index in [1.807, 2.05) is 0 Å². The van der Waals surface area contributed by atoms with Crippen LogP contribution in [0, 0.1) is 23.7 Å². The summed E-state index contributed by atoms with van der Waals surface area (Å²) >= 11 is 0. The van der Waals surface area contributed by atoms with Crippen LogP contribution in [0.15, 0.2) is 53.3 Å². The summed E-state index contributed by atoms with van der Waals surface area (Å²) in [6, 6.07) is 9.69. The van der Waals surface area contributed by atoms with Crippen molar-refractivity contribution < 1.29 is 44.7 Å². The summed E-state index contributed by atoms with van der Waals surface area (Å²) in [6.45, 7) is 2.74. The van der Waals surface area contributed by atoms with Crippen molar-refractivity contribution >= 4 is 34.8 Å². The predicted molar refractivity (Wildman–Crippen MR) is 146 cm³/mol. The molecule has 0 radical (unpaired) electrons. The Bertz CT molecular complexity index is 1570. The van der Waals surface area contributed by atoms with E-state index in [9.17, 15) is 39.6 Å². The van der Waals surface area contributed by atoms with Gasteiger partial charge < -0.3 is 36.6 Å². The van der Waals surface area contributed by atoms with Gasteiger partial charge >= 0.3 is 0 Å². The molecule has 0 aliphatic heterocycles. The summed E-state index contributed by atoms with van der Waals surface area (Å²) in [5.74, 6) is -8.82. The number of anilines is 1. The third kappa shape index (κ3) is 4.11. The SMILES string of the molecule is CC(C)[C@@H]1C(=O)C(C(N)=O)=C(O)[C@@]2(O)C(=O)C3=C(O)c4c(O)ccc(-c5ccc(NC(=O)CO)cc5)c4C[C@H]3C[C@@H]12. The van der Waals surface area contributed by atoms with Crippen molar-refractivity contribution in [3.63, 3.8) is 0 Å². The van der Waals surface area contributed by atoms with E-state index in [1.54, 1.807) is 44.2 Å². The van der Waals surface area contributed by atoms with Crippen molar-refractivity contribution in [2.24, 2.45) is 29.4 Å². The Morgan fingerprint density at radius 2 is 1.73 bits per heavy atom. The highest BCUT2D eigenvalue weighted by Gasteiger charge is 2.64. The highest BCUT2D eigenvalue weighted by molar-refractivity contribution is 6.23. The number of carbonyl (C=O) groups is 4. The lowest BCUT2D eigenvalue weighted by Crippen LogP contribution is -2.62. The number of hydrogen-bond donors (Lipinski definition) is 7. The van der Waals surface area contributed by atoms with Crippen LogP contribution in [0.2, 0.25) is 0 Å². The Morgan fingerprint density at radius 1 is 1.07 bits per heavy atom. The summed E-state index contributed by atoms with van der Waals surface area (Å²) in [4.78, 5) is 50.8. The molecule has 5 rings (SSSR count). The van der Waals surface area contributed by atoms with Crippen molar-refractivity contribution in [3.05, 3.63) is 64.4 Å². The second-order valence-corrected chi connectivity index (χ2v) is 11.1. The highest BCUT2D eigenvalue weighted by Crippen LogP contribution is 2.55. The van der Waals surface area contributed by atoms with Crippen molar-refractivity contribution in [2.45, 2.75) is 32.3 Å². The van der Waals surface area contributed by atoms with Crippen LogP contribution in [0.4, 0.5) is 5.69 Å². The number of phenols is 1. The molecule has 1 fully saturated rings. The normalized spacial score (nSPS) is 25.5. The van der Waals surface area contributed by atoms with Gasteiger partial charge in [-0.2, -0.15) is 0 Å². The molecule has 214 valence electrons. The van der Waals surface area contributed by atoms with Crippen molar-refractivity contribution in [3.8, 4) is 16.9 Å². The Labute approximate surface area is 234 Å². The molecule has 8 N–H and O–H groups in total. The molecule has 0 unspecified atom stereocenters. The van der Waals surface area contributed by atoms with Gasteiger partial charge in [-0.3, -0.25) is 19.2 Å². The maximum atomic E-state index is 13.9. The van der Waals surface area contributed by atoms with Crippen LogP contribution in [0.1, 0.15) is 31.4 Å². The fraction of sp³-hybridized carbons (Fsp3) is 0.333. The van der Waals surface area contributed by atoms with Crippen LogP contribution >= 0.6 is 0 Å². The van der Waals surface area contributed by atoms with E-state index < -0.39 is 76.4 Å². The van der Waals surface area contributed by atoms with Gasteiger partial charge in [0, 0.05) is 23.1 Å². The fourth-order valence-corrected chi connectivity index (χ4v) is 6.69. The number of phenolic OH excluding ortho intramolecular Hbond substituents is 1. The fourth-order valence-electron chi connectivity index (χ4n) is 6.69. The lowest BCUT2D eigenvalue weighted by Gasteiger charge is -2.50. The zero-order chi connectivity index (χ0) is 30.0. The minimum atomic E-state index is -2.66. The topological polar surface area (TPSA) is 207 Å². The molecule has 41 heavy (non-hydrogen) atoms. The molecule has 2 aromatic carbocycles. The zero-order valence-electron chi connectivity index (χ0n) is 22.3. The molecule has 3 aliphatic rings. The number of Topliss-reactive ketones (excluding diaryl/α,β-unsaturated/α-hetero) is 2. The number of rotatable bonds is 5. The molecule has 3 aliphatic carbocycles. The molecule has 1 saturated carbocycles. The number of ketones is 2. The van der Waals surface area contributed by atoms with Crippen LogP contribution in [0.25, 0.3) is 16.9 Å². The van der Waals surface area contributed by atoms with Gasteiger partial charge in [-0.15, -0.1) is 0 Å². The average molecular weight is 563 g/mol. The van der Waals surface area contributed by atoms with E-state index in [2.05, 4.69) is 5.32 Å². The number of benzene rings is 2. The van der Waals surface area contributed by atoms with Crippen LogP contribution in [-0.2, 0) is 25.6 Å². The molecule has 0 saturated heterocycles. The molecular formula is C30H30N2O9. The van der Waals surface area contributed by atoms with Gasteiger partial charge in [0.25, 0.3) is 5.91 Å². The van der Waals surface area contributed by atoms with E-state index in [0.717, 1.165) is 0 Å². The van der Waals surface area contributed by atoms with Crippen LogP contribution < -0.4 is 11.1 Å². The zero-order valence-corrected chi connectivity index (χ0v) is 22.3. The Kier molecular flexibility index (Phi) is 6.75. The summed E-state index contributed by atoms with van der Waals surface area (Å²) < 4.78 is 0. The molecule has 0 aromatic heterocycles. The van der Waals surface area contributed by atoms with E-state index >= 15 is 0 Å². The average Bonchev–Trinajstić information content (AvgIpc) is 2.91. The molecule has 11 nitrogen and oxygen atoms in total. The van der Waals surface area contributed by atoms with E-state index in [4.69, 9.17) is 10.8 Å². The minimum Gasteiger partial charge on any atom is -0.508 e. The largest absolute Gasteiger partial charge is 0.508 e. The second kappa shape index (κ2) is 9.86. The van der Waals surface area contributed by atoms with E-state index in [-0.39, 0.29) is 29.7 Å². The maximum absolute atomic E-state index is 13.9.